The van der Waals surface area contributed by atoms with Gasteiger partial charge in [-0.2, -0.15) is 0 Å². The second kappa shape index (κ2) is 10.0. The van der Waals surface area contributed by atoms with Gasteiger partial charge in [0.2, 0.25) is 5.91 Å². The van der Waals surface area contributed by atoms with Crippen LogP contribution in [0, 0.1) is 0 Å². The van der Waals surface area contributed by atoms with Crippen LogP contribution < -0.4 is 15.4 Å². The minimum atomic E-state index is -0.0962. The third-order valence-corrected chi connectivity index (χ3v) is 4.95. The Hall–Kier alpha value is -2.66. The van der Waals surface area contributed by atoms with Crippen LogP contribution in [0.3, 0.4) is 0 Å². The number of nitrogens with one attached hydrogen (secondary N) is 2. The number of carbonyl (C=O) groups is 2. The number of amides is 1. The molecule has 1 atom stereocenters. The third kappa shape index (κ3) is 5.42. The zero-order valence-electron chi connectivity index (χ0n) is 16.4. The highest BCUT2D eigenvalue weighted by atomic mass is 16.5. The van der Waals surface area contributed by atoms with Crippen molar-refractivity contribution >= 4 is 11.7 Å². The highest BCUT2D eigenvalue weighted by molar-refractivity contribution is 5.98. The topological polar surface area (TPSA) is 67.4 Å². The number of rotatable bonds is 9. The van der Waals surface area contributed by atoms with Gasteiger partial charge >= 0.3 is 0 Å². The Kier molecular flexibility index (Phi) is 7.20. The molecule has 0 saturated carbocycles. The van der Waals surface area contributed by atoms with E-state index < -0.39 is 0 Å². The Morgan fingerprint density at radius 3 is 2.68 bits per heavy atom. The number of hydrogen-bond acceptors (Lipinski definition) is 4. The van der Waals surface area contributed by atoms with E-state index in [0.29, 0.717) is 18.7 Å². The van der Waals surface area contributed by atoms with E-state index in [0.717, 1.165) is 25.1 Å². The molecule has 3 rings (SSSR count). The molecule has 1 heterocycles. The van der Waals surface area contributed by atoms with Crippen LogP contribution >= 0.6 is 0 Å². The number of carbonyl (C=O) groups excluding carboxylic acids is 2. The second-order valence-corrected chi connectivity index (χ2v) is 7.06. The minimum absolute atomic E-state index is 0.0293. The lowest BCUT2D eigenvalue weighted by Gasteiger charge is -2.27. The van der Waals surface area contributed by atoms with Crippen molar-refractivity contribution in [3.63, 3.8) is 0 Å². The van der Waals surface area contributed by atoms with E-state index in [2.05, 4.69) is 22.8 Å². The number of Topliss-reactive ketones (excluding diaryl/α,β-unsaturated/α-hetero) is 1. The molecule has 5 heteroatoms. The molecule has 2 aromatic rings. The average molecular weight is 380 g/mol. The fraction of sp³-hybridized carbons (Fsp3) is 0.391. The highest BCUT2D eigenvalue weighted by Crippen LogP contribution is 2.22. The molecular formula is C23H28N2O3. The van der Waals surface area contributed by atoms with Gasteiger partial charge in [0, 0.05) is 31.0 Å². The molecule has 0 bridgehead atoms. The number of ketones is 1. The predicted molar refractivity (Wildman–Crippen MR) is 110 cm³/mol. The van der Waals surface area contributed by atoms with Crippen LogP contribution in [0.2, 0.25) is 0 Å². The smallest absolute Gasteiger partial charge is 0.220 e. The third-order valence-electron chi connectivity index (χ3n) is 4.95. The summed E-state index contributed by atoms with van der Waals surface area (Å²) >= 11 is 0. The number of ether oxygens (including phenoxy) is 1. The summed E-state index contributed by atoms with van der Waals surface area (Å²) in [6.45, 7) is 4.15. The average Bonchev–Trinajstić information content (AvgIpc) is 2.74. The molecule has 1 aliphatic heterocycles. The van der Waals surface area contributed by atoms with Crippen LogP contribution in [-0.4, -0.2) is 31.4 Å². The normalized spacial score (nSPS) is 15.5. The Bertz CT molecular complexity index is 802. The molecule has 0 spiro atoms. The van der Waals surface area contributed by atoms with Gasteiger partial charge in [-0.25, -0.2) is 0 Å². The van der Waals surface area contributed by atoms with E-state index in [1.54, 1.807) is 24.3 Å². The van der Waals surface area contributed by atoms with Crippen molar-refractivity contribution in [2.24, 2.45) is 0 Å². The number of fused-ring (bicyclic) bond motifs is 1. The lowest BCUT2D eigenvalue weighted by molar-refractivity contribution is -0.121. The van der Waals surface area contributed by atoms with E-state index in [1.165, 1.54) is 11.1 Å². The van der Waals surface area contributed by atoms with E-state index in [9.17, 15) is 9.59 Å². The molecule has 0 fully saturated rings. The Balaban J connectivity index is 1.44. The van der Waals surface area contributed by atoms with Gasteiger partial charge in [-0.15, -0.1) is 0 Å². The maximum Gasteiger partial charge on any atom is 0.220 e. The summed E-state index contributed by atoms with van der Waals surface area (Å²) in [6, 6.07) is 15.6. The zero-order valence-corrected chi connectivity index (χ0v) is 16.4. The Morgan fingerprint density at radius 2 is 1.89 bits per heavy atom. The minimum Gasteiger partial charge on any atom is -0.494 e. The van der Waals surface area contributed by atoms with Crippen LogP contribution in [-0.2, 0) is 11.2 Å². The molecule has 5 nitrogen and oxygen atoms in total. The molecule has 148 valence electrons. The van der Waals surface area contributed by atoms with Crippen LogP contribution in [0.1, 0.15) is 53.7 Å². The molecule has 2 aromatic carbocycles. The van der Waals surface area contributed by atoms with Crippen LogP contribution in [0.4, 0.5) is 0 Å². The fourth-order valence-corrected chi connectivity index (χ4v) is 3.41. The van der Waals surface area contributed by atoms with Gasteiger partial charge in [0.15, 0.2) is 5.78 Å². The standard InChI is InChI=1S/C23H28N2O3/c1-2-15-28-19-9-7-18(8-10-19)22(26)11-12-23(27)25-16-21-20-6-4-3-5-17(20)13-14-24-21/h3-10,21,24H,2,11-16H2,1H3,(H,25,27). The van der Waals surface area contributed by atoms with E-state index in [-0.39, 0.29) is 30.6 Å². The molecule has 0 aliphatic carbocycles. The van der Waals surface area contributed by atoms with E-state index in [4.69, 9.17) is 4.74 Å². The van der Waals surface area contributed by atoms with E-state index in [1.807, 2.05) is 19.1 Å². The quantitative estimate of drug-likeness (QED) is 0.654. The fourth-order valence-electron chi connectivity index (χ4n) is 3.41. The molecule has 1 amide bonds. The monoisotopic (exact) mass is 380 g/mol. The first-order valence-corrected chi connectivity index (χ1v) is 10.0. The lowest BCUT2D eigenvalue weighted by Crippen LogP contribution is -2.38. The van der Waals surface area contributed by atoms with Crippen LogP contribution in [0.5, 0.6) is 5.75 Å². The van der Waals surface area contributed by atoms with Gasteiger partial charge in [-0.05, 0) is 54.8 Å². The van der Waals surface area contributed by atoms with Gasteiger partial charge in [0.05, 0.1) is 6.61 Å². The molecular weight excluding hydrogens is 352 g/mol. The molecule has 1 unspecified atom stereocenters. The van der Waals surface area contributed by atoms with Crippen molar-refractivity contribution in [3.05, 3.63) is 65.2 Å². The van der Waals surface area contributed by atoms with Crippen LogP contribution in [0.15, 0.2) is 48.5 Å². The molecule has 0 saturated heterocycles. The number of hydrogen-bond donors (Lipinski definition) is 2. The first kappa shape index (κ1) is 20.1. The molecule has 1 aliphatic rings. The first-order valence-electron chi connectivity index (χ1n) is 10.0. The van der Waals surface area contributed by atoms with Gasteiger partial charge in [-0.1, -0.05) is 31.2 Å². The van der Waals surface area contributed by atoms with Gasteiger partial charge in [-0.3, -0.25) is 9.59 Å². The summed E-state index contributed by atoms with van der Waals surface area (Å²) in [5, 5.41) is 6.41. The van der Waals surface area contributed by atoms with Gasteiger partial charge < -0.3 is 15.4 Å². The molecule has 0 aromatic heterocycles. The summed E-state index contributed by atoms with van der Waals surface area (Å²) in [6.07, 6.45) is 2.35. The van der Waals surface area contributed by atoms with E-state index >= 15 is 0 Å². The maximum atomic E-state index is 12.3. The number of benzene rings is 2. The molecule has 0 radical (unpaired) electrons. The van der Waals surface area contributed by atoms with Gasteiger partial charge in [0.1, 0.15) is 5.75 Å². The van der Waals surface area contributed by atoms with Crippen molar-refractivity contribution in [1.82, 2.24) is 10.6 Å². The molecule has 28 heavy (non-hydrogen) atoms. The van der Waals surface area contributed by atoms with Crippen molar-refractivity contribution in [2.45, 2.75) is 38.6 Å². The van der Waals surface area contributed by atoms with Crippen molar-refractivity contribution in [2.75, 3.05) is 19.7 Å². The van der Waals surface area contributed by atoms with Gasteiger partial charge in [0.25, 0.3) is 0 Å². The predicted octanol–water partition coefficient (Wildman–Crippen LogP) is 3.44. The Labute approximate surface area is 166 Å². The first-order chi connectivity index (χ1) is 13.7. The summed E-state index contributed by atoms with van der Waals surface area (Å²) in [5.74, 6) is 0.635. The van der Waals surface area contributed by atoms with Crippen molar-refractivity contribution < 1.29 is 14.3 Å². The summed E-state index contributed by atoms with van der Waals surface area (Å²) in [4.78, 5) is 24.5. The SMILES string of the molecule is CCCOc1ccc(C(=O)CCC(=O)NCC2NCCc3ccccc32)cc1. The van der Waals surface area contributed by atoms with Crippen molar-refractivity contribution in [3.8, 4) is 5.75 Å². The lowest BCUT2D eigenvalue weighted by atomic mass is 9.94. The van der Waals surface area contributed by atoms with Crippen LogP contribution in [0.25, 0.3) is 0 Å². The summed E-state index contributed by atoms with van der Waals surface area (Å²) < 4.78 is 5.52. The summed E-state index contributed by atoms with van der Waals surface area (Å²) in [5.41, 5.74) is 3.19. The largest absolute Gasteiger partial charge is 0.494 e. The maximum absolute atomic E-state index is 12.3. The Morgan fingerprint density at radius 1 is 1.11 bits per heavy atom. The zero-order chi connectivity index (χ0) is 19.8. The molecule has 2 N–H and O–H groups in total. The van der Waals surface area contributed by atoms with Crippen molar-refractivity contribution in [1.29, 1.82) is 0 Å². The second-order valence-electron chi connectivity index (χ2n) is 7.06. The summed E-state index contributed by atoms with van der Waals surface area (Å²) in [7, 11) is 0. The highest BCUT2D eigenvalue weighted by Gasteiger charge is 2.19.